The first-order valence-corrected chi connectivity index (χ1v) is 6.76. The fourth-order valence-corrected chi connectivity index (χ4v) is 2.69. The number of rotatable bonds is 2. The Morgan fingerprint density at radius 3 is 2.33 bits per heavy atom. The van der Waals surface area contributed by atoms with Crippen molar-refractivity contribution < 1.29 is 9.32 Å². The molecule has 2 aromatic rings. The molecule has 1 heterocycles. The Kier molecular flexibility index (Phi) is 3.87. The zero-order chi connectivity index (χ0) is 13.3. The van der Waals surface area contributed by atoms with Crippen LogP contribution in [0.1, 0.15) is 21.6 Å². The average molecular weight is 374 g/mol. The van der Waals surface area contributed by atoms with Crippen LogP contribution >= 0.6 is 31.9 Å². The molecular weight excluding hydrogens is 364 g/mol. The minimum Gasteiger partial charge on any atom is -0.338 e. The topological polar surface area (TPSA) is 55.1 Å². The highest BCUT2D eigenvalue weighted by Crippen LogP contribution is 2.22. The van der Waals surface area contributed by atoms with Crippen molar-refractivity contribution in [3.63, 3.8) is 0 Å². The number of carbonyl (C=O) groups is 1. The second kappa shape index (κ2) is 5.24. The number of carbonyl (C=O) groups excluding carboxylic acids is 1. The van der Waals surface area contributed by atoms with Gasteiger partial charge in [0.1, 0.15) is 0 Å². The summed E-state index contributed by atoms with van der Waals surface area (Å²) >= 11 is 6.68. The molecule has 1 aromatic heterocycles. The molecule has 1 aromatic carbocycles. The molecule has 1 amide bonds. The zero-order valence-corrected chi connectivity index (χ0v) is 12.9. The summed E-state index contributed by atoms with van der Waals surface area (Å²) in [6.07, 6.45) is 0. The average Bonchev–Trinajstić information content (AvgIpc) is 2.59. The lowest BCUT2D eigenvalue weighted by molar-refractivity contribution is 0.102. The summed E-state index contributed by atoms with van der Waals surface area (Å²) in [4.78, 5) is 12.0. The molecular formula is C12H10Br2N2O2. The van der Waals surface area contributed by atoms with Crippen molar-refractivity contribution in [1.82, 2.24) is 5.16 Å². The molecule has 0 aliphatic rings. The van der Waals surface area contributed by atoms with Crippen LogP contribution in [0.4, 0.5) is 5.88 Å². The summed E-state index contributed by atoms with van der Waals surface area (Å²) in [7, 11) is 0. The van der Waals surface area contributed by atoms with Gasteiger partial charge in [0.2, 0.25) is 5.88 Å². The van der Waals surface area contributed by atoms with Gasteiger partial charge in [0.15, 0.2) is 0 Å². The minimum atomic E-state index is -0.240. The van der Waals surface area contributed by atoms with E-state index in [0.717, 1.165) is 20.2 Å². The third-order valence-electron chi connectivity index (χ3n) is 2.51. The largest absolute Gasteiger partial charge is 0.338 e. The summed E-state index contributed by atoms with van der Waals surface area (Å²) in [6.45, 7) is 3.67. The number of nitrogens with one attached hydrogen (secondary N) is 1. The number of benzene rings is 1. The molecule has 18 heavy (non-hydrogen) atoms. The van der Waals surface area contributed by atoms with Gasteiger partial charge in [-0.2, -0.15) is 0 Å². The van der Waals surface area contributed by atoms with Gasteiger partial charge in [0.05, 0.1) is 5.69 Å². The normalized spacial score (nSPS) is 10.4. The van der Waals surface area contributed by atoms with Crippen molar-refractivity contribution in [2.24, 2.45) is 0 Å². The zero-order valence-electron chi connectivity index (χ0n) is 9.75. The Morgan fingerprint density at radius 1 is 1.22 bits per heavy atom. The van der Waals surface area contributed by atoms with Gasteiger partial charge in [0.25, 0.3) is 5.91 Å². The first-order chi connectivity index (χ1) is 8.47. The third kappa shape index (κ3) is 2.81. The fourth-order valence-electron chi connectivity index (χ4n) is 1.39. The highest BCUT2D eigenvalue weighted by atomic mass is 79.9. The molecule has 4 nitrogen and oxygen atoms in total. The van der Waals surface area contributed by atoms with E-state index in [9.17, 15) is 4.79 Å². The Bertz CT molecular complexity index is 588. The molecule has 2 rings (SSSR count). The van der Waals surface area contributed by atoms with Crippen LogP contribution in [0.25, 0.3) is 0 Å². The number of amides is 1. The number of hydrogen-bond donors (Lipinski definition) is 1. The van der Waals surface area contributed by atoms with E-state index in [1.165, 1.54) is 0 Å². The molecule has 0 saturated carbocycles. The summed E-state index contributed by atoms with van der Waals surface area (Å²) < 4.78 is 6.70. The number of hydrogen-bond acceptors (Lipinski definition) is 3. The first kappa shape index (κ1) is 13.3. The maximum absolute atomic E-state index is 12.0. The van der Waals surface area contributed by atoms with E-state index in [0.29, 0.717) is 11.4 Å². The van der Waals surface area contributed by atoms with Crippen LogP contribution in [0.3, 0.4) is 0 Å². The number of halogens is 2. The van der Waals surface area contributed by atoms with Crippen LogP contribution in [0.15, 0.2) is 31.7 Å². The van der Waals surface area contributed by atoms with Crippen molar-refractivity contribution in [1.29, 1.82) is 0 Å². The van der Waals surface area contributed by atoms with Gasteiger partial charge < -0.3 is 4.52 Å². The van der Waals surface area contributed by atoms with Gasteiger partial charge in [0, 0.05) is 20.1 Å². The van der Waals surface area contributed by atoms with Crippen molar-refractivity contribution in [2.45, 2.75) is 13.8 Å². The van der Waals surface area contributed by atoms with Crippen molar-refractivity contribution >= 4 is 43.7 Å². The van der Waals surface area contributed by atoms with E-state index < -0.39 is 0 Å². The van der Waals surface area contributed by atoms with Gasteiger partial charge in [-0.05, 0) is 32.0 Å². The number of nitrogens with zero attached hydrogens (tertiary/aromatic N) is 1. The molecule has 6 heteroatoms. The van der Waals surface area contributed by atoms with Gasteiger partial charge in [-0.25, -0.2) is 0 Å². The van der Waals surface area contributed by atoms with Crippen LogP contribution in [-0.2, 0) is 0 Å². The molecule has 0 saturated heterocycles. The summed E-state index contributed by atoms with van der Waals surface area (Å²) in [5, 5.41) is 6.48. The van der Waals surface area contributed by atoms with Crippen molar-refractivity contribution in [3.05, 3.63) is 44.0 Å². The van der Waals surface area contributed by atoms with E-state index in [2.05, 4.69) is 42.3 Å². The van der Waals surface area contributed by atoms with Gasteiger partial charge in [-0.1, -0.05) is 37.0 Å². The third-order valence-corrected chi connectivity index (χ3v) is 3.42. The monoisotopic (exact) mass is 372 g/mol. The Morgan fingerprint density at radius 2 is 1.83 bits per heavy atom. The molecule has 0 aliphatic carbocycles. The van der Waals surface area contributed by atoms with Crippen LogP contribution < -0.4 is 5.32 Å². The second-order valence-corrected chi connectivity index (χ2v) is 5.67. The van der Waals surface area contributed by atoms with E-state index in [1.54, 1.807) is 12.1 Å². The lowest BCUT2D eigenvalue weighted by atomic mass is 10.2. The highest BCUT2D eigenvalue weighted by Gasteiger charge is 2.14. The highest BCUT2D eigenvalue weighted by molar-refractivity contribution is 9.11. The lowest BCUT2D eigenvalue weighted by Crippen LogP contribution is -2.12. The van der Waals surface area contributed by atoms with E-state index in [4.69, 9.17) is 4.52 Å². The second-order valence-electron chi connectivity index (χ2n) is 3.83. The quantitative estimate of drug-likeness (QED) is 0.863. The predicted octanol–water partition coefficient (Wildman–Crippen LogP) is 4.07. The molecule has 1 N–H and O–H groups in total. The molecule has 0 radical (unpaired) electrons. The summed E-state index contributed by atoms with van der Waals surface area (Å²) in [5.41, 5.74) is 2.13. The van der Waals surface area contributed by atoms with Crippen LogP contribution in [-0.4, -0.2) is 11.1 Å². The molecule has 94 valence electrons. The van der Waals surface area contributed by atoms with Crippen molar-refractivity contribution in [3.8, 4) is 0 Å². The van der Waals surface area contributed by atoms with Gasteiger partial charge in [-0.3, -0.25) is 10.1 Å². The van der Waals surface area contributed by atoms with Crippen molar-refractivity contribution in [2.75, 3.05) is 5.32 Å². The number of aromatic nitrogens is 1. The fraction of sp³-hybridized carbons (Fsp3) is 0.167. The first-order valence-electron chi connectivity index (χ1n) is 5.17. The molecule has 0 unspecified atom stereocenters. The minimum absolute atomic E-state index is 0.240. The predicted molar refractivity (Wildman–Crippen MR) is 75.8 cm³/mol. The Hall–Kier alpha value is -1.14. The molecule has 0 bridgehead atoms. The lowest BCUT2D eigenvalue weighted by Gasteiger charge is -2.04. The van der Waals surface area contributed by atoms with Crippen LogP contribution in [0.5, 0.6) is 0 Å². The summed E-state index contributed by atoms with van der Waals surface area (Å²) in [6, 6.07) is 5.33. The van der Waals surface area contributed by atoms with Gasteiger partial charge >= 0.3 is 0 Å². The smallest absolute Gasteiger partial charge is 0.258 e. The van der Waals surface area contributed by atoms with E-state index in [-0.39, 0.29) is 5.91 Å². The Labute approximate surface area is 121 Å². The molecule has 0 fully saturated rings. The maximum Gasteiger partial charge on any atom is 0.258 e. The van der Waals surface area contributed by atoms with E-state index in [1.807, 2.05) is 19.9 Å². The molecule has 0 aliphatic heterocycles. The number of anilines is 1. The maximum atomic E-state index is 12.0. The molecule has 0 atom stereocenters. The standard InChI is InChI=1S/C12H10Br2N2O2/c1-6-7(2)16-18-12(6)15-11(17)8-3-9(13)5-10(14)4-8/h3-5H,1-2H3,(H,15,17). The SMILES string of the molecule is Cc1noc(NC(=O)c2cc(Br)cc(Br)c2)c1C. The molecule has 0 spiro atoms. The van der Waals surface area contributed by atoms with Crippen LogP contribution in [0, 0.1) is 13.8 Å². The van der Waals surface area contributed by atoms with Crippen LogP contribution in [0.2, 0.25) is 0 Å². The summed E-state index contributed by atoms with van der Waals surface area (Å²) in [5.74, 6) is 0.143. The number of aryl methyl sites for hydroxylation is 1. The van der Waals surface area contributed by atoms with E-state index >= 15 is 0 Å². The van der Waals surface area contributed by atoms with Gasteiger partial charge in [-0.15, -0.1) is 0 Å². The Balaban J connectivity index is 2.24.